The van der Waals surface area contributed by atoms with E-state index in [0.29, 0.717) is 0 Å². The molecule has 0 aliphatic carbocycles. The number of halogens is 1. The van der Waals surface area contributed by atoms with Crippen molar-refractivity contribution in [3.8, 4) is 0 Å². The second kappa shape index (κ2) is 39.3. The van der Waals surface area contributed by atoms with Gasteiger partial charge in [-0.05, 0) is 25.7 Å². The van der Waals surface area contributed by atoms with Crippen molar-refractivity contribution in [1.82, 2.24) is 0 Å². The van der Waals surface area contributed by atoms with Crippen LogP contribution in [0.2, 0.25) is 0 Å². The first-order chi connectivity index (χ1) is 21.9. The molecule has 0 aromatic carbocycles. The van der Waals surface area contributed by atoms with Crippen molar-refractivity contribution in [2.45, 2.75) is 206 Å². The molecule has 0 N–H and O–H groups in total. The van der Waals surface area contributed by atoms with Gasteiger partial charge in [0.2, 0.25) is 0 Å². The zero-order valence-electron chi connectivity index (χ0n) is 33.3. The van der Waals surface area contributed by atoms with Crippen molar-refractivity contribution in [1.29, 1.82) is 0 Å². The summed E-state index contributed by atoms with van der Waals surface area (Å²) in [7, 11) is 10.6. The predicted octanol–water partition coefficient (Wildman–Crippen LogP) is 10.8. The van der Waals surface area contributed by atoms with Crippen molar-refractivity contribution in [3.05, 3.63) is 0 Å². The van der Waals surface area contributed by atoms with Gasteiger partial charge in [-0.25, -0.2) is 0 Å². The molecule has 0 aliphatic rings. The topological polar surface area (TPSA) is 46.1 Å². The van der Waals surface area contributed by atoms with Gasteiger partial charge in [-0.15, -0.1) is 0 Å². The van der Waals surface area contributed by atoms with Crippen LogP contribution >= 0.6 is 0 Å². The minimum absolute atomic E-state index is 1.12. The molecule has 0 atom stereocenters. The summed E-state index contributed by atoms with van der Waals surface area (Å²) in [6.07, 6.45) is 43.7. The summed E-state index contributed by atoms with van der Waals surface area (Å²) < 4.78 is 12.1. The minimum atomic E-state index is -3.17. The van der Waals surface area contributed by atoms with Crippen molar-refractivity contribution in [2.75, 3.05) is 55.4 Å². The normalized spacial score (nSPS) is 11.5. The maximum absolute atomic E-state index is 9.89. The first kappa shape index (κ1) is 50.2. The van der Waals surface area contributed by atoms with Gasteiger partial charge in [0.05, 0.1) is 55.4 Å². The number of quaternary nitrogens is 2. The van der Waals surface area contributed by atoms with Crippen molar-refractivity contribution in [3.63, 3.8) is 0 Å². The lowest BCUT2D eigenvalue weighted by molar-refractivity contribution is -0.870. The molecule has 0 aromatic heterocycles. The summed E-state index contributed by atoms with van der Waals surface area (Å²) in [5.74, 6) is 0. The molecule has 0 aromatic rings. The maximum atomic E-state index is 9.89. The molecule has 0 saturated carbocycles. The number of unbranched alkanes of at least 4 members (excludes halogenated alkanes) is 28. The van der Waals surface area contributed by atoms with E-state index in [4.69, 9.17) is 10.0 Å². The summed E-state index contributed by atoms with van der Waals surface area (Å²) in [6, 6.07) is 0. The third-order valence-electron chi connectivity index (χ3n) is 8.86. The third kappa shape index (κ3) is 62.6. The highest BCUT2D eigenvalue weighted by Gasteiger charge is 2.06. The van der Waals surface area contributed by atoms with Crippen LogP contribution in [0.15, 0.2) is 0 Å². The summed E-state index contributed by atoms with van der Waals surface area (Å²) in [4.78, 5) is 0. The Morgan fingerprint density at radius 3 is 0.587 bits per heavy atom. The van der Waals surface area contributed by atoms with Gasteiger partial charge in [-0.3, -0.25) is 0 Å². The van der Waals surface area contributed by atoms with E-state index in [2.05, 4.69) is 56.1 Å². The van der Waals surface area contributed by atoms with Crippen molar-refractivity contribution >= 4 is 7.40 Å². The fourth-order valence-corrected chi connectivity index (χ4v) is 5.91. The van der Waals surface area contributed by atoms with Gasteiger partial charge in [-0.2, -0.15) is 0 Å². The van der Waals surface area contributed by atoms with E-state index in [9.17, 15) is 4.32 Å². The quantitative estimate of drug-likeness (QED) is 0.0410. The van der Waals surface area contributed by atoms with Gasteiger partial charge in [0.15, 0.2) is 0 Å². The molecule has 0 rings (SSSR count). The molecule has 46 heavy (non-hydrogen) atoms. The molecule has 0 bridgehead atoms. The molecule has 0 radical (unpaired) electrons. The van der Waals surface area contributed by atoms with Crippen LogP contribution in [0.1, 0.15) is 206 Å². The SMILES string of the molecule is CCCCCCCCCCCCCCCCC[N+](C)(C)C.CCCCCCCCCCCCCCCCC[N+](C)(C)C.[O-]B([O-])F. The molecule has 0 saturated heterocycles. The van der Waals surface area contributed by atoms with Crippen LogP contribution in [0.25, 0.3) is 0 Å². The highest BCUT2D eigenvalue weighted by atomic mass is 19.1. The Balaban J connectivity index is -0.000000719. The van der Waals surface area contributed by atoms with E-state index >= 15 is 0 Å². The Kier molecular flexibility index (Phi) is 42.9. The minimum Gasteiger partial charge on any atom is -0.867 e. The van der Waals surface area contributed by atoms with Crippen LogP contribution in [0.5, 0.6) is 0 Å². The van der Waals surface area contributed by atoms with Crippen molar-refractivity contribution in [2.24, 2.45) is 0 Å². The first-order valence-electron chi connectivity index (χ1n) is 20.4. The van der Waals surface area contributed by atoms with E-state index < -0.39 is 7.40 Å². The molecule has 280 valence electrons. The summed E-state index contributed by atoms with van der Waals surface area (Å²) >= 11 is 0. The molecule has 4 nitrogen and oxygen atoms in total. The monoisotopic (exact) mass is 659 g/mol. The number of hydrogen-bond acceptors (Lipinski definition) is 2. The Labute approximate surface area is 292 Å². The predicted molar refractivity (Wildman–Crippen MR) is 203 cm³/mol. The molecule has 0 heterocycles. The fourth-order valence-electron chi connectivity index (χ4n) is 5.91. The van der Waals surface area contributed by atoms with Gasteiger partial charge >= 0.3 is 0 Å². The standard InChI is InChI=1S/2C20H44N.BFO2/c2*1-5-6-7-8-9-10-11-12-13-14-15-16-17-18-19-20-21(2,3)4;2-1(3)4/h2*5-20H2,1-4H3;/q2*+1;-2. The molecule has 0 amide bonds. The summed E-state index contributed by atoms with van der Waals surface area (Å²) in [6.45, 7) is 7.25. The number of nitrogens with zero attached hydrogens (tertiary/aromatic N) is 2. The average molecular weight is 659 g/mol. The van der Waals surface area contributed by atoms with Crippen molar-refractivity contribution < 1.29 is 23.3 Å². The van der Waals surface area contributed by atoms with Gasteiger partial charge in [0.25, 0.3) is 0 Å². The van der Waals surface area contributed by atoms with Crippen LogP contribution in [0.3, 0.4) is 0 Å². The average Bonchev–Trinajstić information content (AvgIpc) is 2.96. The zero-order chi connectivity index (χ0) is 35.2. The van der Waals surface area contributed by atoms with Crippen LogP contribution < -0.4 is 10.0 Å². The van der Waals surface area contributed by atoms with Crippen LogP contribution in [-0.4, -0.2) is 71.7 Å². The smallest absolute Gasteiger partial charge is 0.121 e. The Morgan fingerprint density at radius 2 is 0.457 bits per heavy atom. The summed E-state index contributed by atoms with van der Waals surface area (Å²) in [5, 5.41) is 16.6. The zero-order valence-corrected chi connectivity index (χ0v) is 33.3. The molecule has 0 spiro atoms. The van der Waals surface area contributed by atoms with Crippen LogP contribution in [-0.2, 0) is 0 Å². The van der Waals surface area contributed by atoms with Crippen LogP contribution in [0.4, 0.5) is 4.32 Å². The molecular weight excluding hydrogens is 570 g/mol. The van der Waals surface area contributed by atoms with E-state index in [1.54, 1.807) is 0 Å². The first-order valence-corrected chi connectivity index (χ1v) is 20.4. The molecule has 0 fully saturated rings. The van der Waals surface area contributed by atoms with E-state index in [1.807, 2.05) is 0 Å². The lowest BCUT2D eigenvalue weighted by atomic mass is 10.0. The number of rotatable bonds is 32. The lowest BCUT2D eigenvalue weighted by Crippen LogP contribution is -2.39. The fraction of sp³-hybridized carbons (Fsp3) is 1.00. The largest absolute Gasteiger partial charge is 0.867 e. The third-order valence-corrected chi connectivity index (χ3v) is 8.86. The van der Waals surface area contributed by atoms with Gasteiger partial charge in [0.1, 0.15) is 7.40 Å². The molecular formula is C40H88BFN2O2. The lowest BCUT2D eigenvalue weighted by Gasteiger charge is -2.23. The van der Waals surface area contributed by atoms with E-state index in [-0.39, 0.29) is 0 Å². The van der Waals surface area contributed by atoms with Gasteiger partial charge < -0.3 is 23.3 Å². The van der Waals surface area contributed by atoms with E-state index in [1.165, 1.54) is 206 Å². The molecule has 0 aliphatic heterocycles. The van der Waals surface area contributed by atoms with Crippen LogP contribution in [0, 0.1) is 0 Å². The highest BCUT2D eigenvalue weighted by molar-refractivity contribution is 6.27. The number of hydrogen-bond donors (Lipinski definition) is 0. The summed E-state index contributed by atoms with van der Waals surface area (Å²) in [5.41, 5.74) is 0. The second-order valence-electron chi connectivity index (χ2n) is 16.2. The van der Waals surface area contributed by atoms with Gasteiger partial charge in [0, 0.05) is 0 Å². The highest BCUT2D eigenvalue weighted by Crippen LogP contribution is 2.15. The molecule has 6 heteroatoms. The Bertz CT molecular complexity index is 492. The van der Waals surface area contributed by atoms with Gasteiger partial charge in [-0.1, -0.05) is 181 Å². The van der Waals surface area contributed by atoms with E-state index in [0.717, 1.165) is 8.97 Å². The Hall–Kier alpha value is -0.165. The molecule has 0 unspecified atom stereocenters. The Morgan fingerprint density at radius 1 is 0.326 bits per heavy atom. The second-order valence-corrected chi connectivity index (χ2v) is 16.2. The maximum Gasteiger partial charge on any atom is 0.121 e.